The van der Waals surface area contributed by atoms with Crippen LogP contribution in [-0.4, -0.2) is 25.5 Å². The van der Waals surface area contributed by atoms with Gasteiger partial charge in [0.15, 0.2) is 0 Å². The molecule has 0 radical (unpaired) electrons. The van der Waals surface area contributed by atoms with Crippen molar-refractivity contribution < 1.29 is 18.3 Å². The Balaban J connectivity index is 2.82. The summed E-state index contributed by atoms with van der Waals surface area (Å²) in [6.07, 6.45) is 0.209. The molecule has 17 heavy (non-hydrogen) atoms. The van der Waals surface area contributed by atoms with Crippen LogP contribution in [-0.2, 0) is 14.8 Å². The minimum Gasteiger partial charge on any atom is -0.481 e. The van der Waals surface area contributed by atoms with E-state index in [1.54, 1.807) is 25.1 Å². The van der Waals surface area contributed by atoms with Crippen molar-refractivity contribution in [3.63, 3.8) is 0 Å². The minimum absolute atomic E-state index is 0.142. The molecule has 0 aliphatic heterocycles. The fourth-order valence-electron chi connectivity index (χ4n) is 1.37. The molecular weight excluding hydrogens is 242 g/mol. The SMILES string of the molecule is CCC(CC(=O)O)NS(=O)(=O)c1ccccc1. The van der Waals surface area contributed by atoms with Gasteiger partial charge < -0.3 is 5.11 Å². The van der Waals surface area contributed by atoms with Gasteiger partial charge in [0, 0.05) is 6.04 Å². The molecule has 0 saturated carbocycles. The smallest absolute Gasteiger partial charge is 0.304 e. The standard InChI is InChI=1S/C11H15NO4S/c1-2-9(8-11(13)14)12-17(15,16)10-6-4-3-5-7-10/h3-7,9,12H,2,8H2,1H3,(H,13,14). The van der Waals surface area contributed by atoms with E-state index in [2.05, 4.69) is 4.72 Å². The van der Waals surface area contributed by atoms with Crippen LogP contribution in [0.5, 0.6) is 0 Å². The van der Waals surface area contributed by atoms with Gasteiger partial charge in [-0.05, 0) is 18.6 Å². The van der Waals surface area contributed by atoms with Gasteiger partial charge in [-0.15, -0.1) is 0 Å². The van der Waals surface area contributed by atoms with Crippen molar-refractivity contribution in [3.05, 3.63) is 30.3 Å². The molecule has 1 unspecified atom stereocenters. The van der Waals surface area contributed by atoms with Gasteiger partial charge in [0.05, 0.1) is 11.3 Å². The number of carboxylic acids is 1. The Morgan fingerprint density at radius 2 is 1.94 bits per heavy atom. The maximum Gasteiger partial charge on any atom is 0.304 e. The molecule has 1 rings (SSSR count). The third-order valence-electron chi connectivity index (χ3n) is 2.29. The van der Waals surface area contributed by atoms with Crippen LogP contribution in [0.3, 0.4) is 0 Å². The van der Waals surface area contributed by atoms with Crippen LogP contribution in [0.25, 0.3) is 0 Å². The Morgan fingerprint density at radius 3 is 2.41 bits per heavy atom. The molecule has 2 N–H and O–H groups in total. The minimum atomic E-state index is -3.63. The number of carboxylic acid groups (broad SMARTS) is 1. The van der Waals surface area contributed by atoms with Crippen LogP contribution < -0.4 is 4.72 Å². The van der Waals surface area contributed by atoms with E-state index in [0.29, 0.717) is 6.42 Å². The zero-order chi connectivity index (χ0) is 12.9. The van der Waals surface area contributed by atoms with Crippen LogP contribution in [0.4, 0.5) is 0 Å². The molecule has 1 atom stereocenters. The van der Waals surface area contributed by atoms with Gasteiger partial charge >= 0.3 is 5.97 Å². The summed E-state index contributed by atoms with van der Waals surface area (Å²) in [4.78, 5) is 10.7. The summed E-state index contributed by atoms with van der Waals surface area (Å²) in [5.74, 6) is -1.02. The molecule has 0 saturated heterocycles. The summed E-state index contributed by atoms with van der Waals surface area (Å²) in [6.45, 7) is 1.74. The number of hydrogen-bond donors (Lipinski definition) is 2. The normalized spacial score (nSPS) is 13.2. The molecule has 0 amide bonds. The molecule has 0 spiro atoms. The van der Waals surface area contributed by atoms with Gasteiger partial charge in [-0.3, -0.25) is 4.79 Å². The zero-order valence-corrected chi connectivity index (χ0v) is 10.3. The third-order valence-corrected chi connectivity index (χ3v) is 3.83. The summed E-state index contributed by atoms with van der Waals surface area (Å²) in [6, 6.07) is 7.30. The van der Waals surface area contributed by atoms with Crippen LogP contribution in [0.15, 0.2) is 35.2 Å². The molecule has 0 fully saturated rings. The fourth-order valence-corrected chi connectivity index (χ4v) is 2.71. The number of hydrogen-bond acceptors (Lipinski definition) is 3. The van der Waals surface area contributed by atoms with Crippen molar-refractivity contribution in [2.75, 3.05) is 0 Å². The Bertz CT molecular complexity index is 470. The van der Waals surface area contributed by atoms with E-state index < -0.39 is 22.0 Å². The monoisotopic (exact) mass is 257 g/mol. The van der Waals surface area contributed by atoms with Crippen LogP contribution in [0, 0.1) is 0 Å². The average Bonchev–Trinajstić information content (AvgIpc) is 2.28. The van der Waals surface area contributed by atoms with E-state index in [1.807, 2.05) is 0 Å². The van der Waals surface area contributed by atoms with E-state index in [9.17, 15) is 13.2 Å². The highest BCUT2D eigenvalue weighted by Crippen LogP contribution is 2.10. The largest absolute Gasteiger partial charge is 0.481 e. The first-order valence-corrected chi connectivity index (χ1v) is 6.73. The Hall–Kier alpha value is -1.40. The van der Waals surface area contributed by atoms with Crippen molar-refractivity contribution in [3.8, 4) is 0 Å². The van der Waals surface area contributed by atoms with Crippen LogP contribution >= 0.6 is 0 Å². The van der Waals surface area contributed by atoms with Crippen LogP contribution in [0.2, 0.25) is 0 Å². The summed E-state index contributed by atoms with van der Waals surface area (Å²) < 4.78 is 26.1. The predicted molar refractivity (Wildman–Crippen MR) is 63.1 cm³/mol. The van der Waals surface area contributed by atoms with Gasteiger partial charge in [0.1, 0.15) is 0 Å². The second kappa shape index (κ2) is 5.79. The maximum atomic E-state index is 11.9. The summed E-state index contributed by atoms with van der Waals surface area (Å²) >= 11 is 0. The zero-order valence-electron chi connectivity index (χ0n) is 9.46. The Morgan fingerprint density at radius 1 is 1.35 bits per heavy atom. The van der Waals surface area contributed by atoms with Gasteiger partial charge in [0.2, 0.25) is 10.0 Å². The summed E-state index contributed by atoms with van der Waals surface area (Å²) in [5, 5.41) is 8.65. The lowest BCUT2D eigenvalue weighted by Gasteiger charge is -2.14. The Kier molecular flexibility index (Phi) is 4.65. The highest BCUT2D eigenvalue weighted by Gasteiger charge is 2.20. The number of aliphatic carboxylic acids is 1. The van der Waals surface area contributed by atoms with E-state index >= 15 is 0 Å². The summed E-state index contributed by atoms with van der Waals surface area (Å²) in [7, 11) is -3.63. The van der Waals surface area contributed by atoms with E-state index in [1.165, 1.54) is 12.1 Å². The molecule has 94 valence electrons. The molecule has 5 nitrogen and oxygen atoms in total. The lowest BCUT2D eigenvalue weighted by molar-refractivity contribution is -0.137. The molecule has 0 aliphatic carbocycles. The average molecular weight is 257 g/mol. The molecule has 6 heteroatoms. The number of carbonyl (C=O) groups is 1. The number of nitrogens with one attached hydrogen (secondary N) is 1. The van der Waals surface area contributed by atoms with E-state index in [0.717, 1.165) is 0 Å². The first-order valence-electron chi connectivity index (χ1n) is 5.25. The van der Waals surface area contributed by atoms with Crippen molar-refractivity contribution in [2.45, 2.75) is 30.7 Å². The highest BCUT2D eigenvalue weighted by atomic mass is 32.2. The van der Waals surface area contributed by atoms with E-state index in [-0.39, 0.29) is 11.3 Å². The highest BCUT2D eigenvalue weighted by molar-refractivity contribution is 7.89. The number of sulfonamides is 1. The van der Waals surface area contributed by atoms with Gasteiger partial charge in [-0.25, -0.2) is 13.1 Å². The molecule has 0 aliphatic rings. The molecule has 1 aromatic carbocycles. The molecule has 0 heterocycles. The lowest BCUT2D eigenvalue weighted by Crippen LogP contribution is -2.35. The predicted octanol–water partition coefficient (Wildman–Crippen LogP) is 1.22. The number of benzene rings is 1. The van der Waals surface area contributed by atoms with Crippen molar-refractivity contribution in [1.29, 1.82) is 0 Å². The lowest BCUT2D eigenvalue weighted by atomic mass is 10.2. The molecular formula is C11H15NO4S. The second-order valence-electron chi connectivity index (χ2n) is 3.64. The Labute approximate surface area is 101 Å². The van der Waals surface area contributed by atoms with Crippen molar-refractivity contribution in [1.82, 2.24) is 4.72 Å². The number of rotatable bonds is 6. The molecule has 0 aromatic heterocycles. The molecule has 0 bridgehead atoms. The summed E-state index contributed by atoms with van der Waals surface area (Å²) in [5.41, 5.74) is 0. The van der Waals surface area contributed by atoms with Gasteiger partial charge in [0.25, 0.3) is 0 Å². The first kappa shape index (κ1) is 13.7. The first-order chi connectivity index (χ1) is 7.95. The van der Waals surface area contributed by atoms with Gasteiger partial charge in [-0.1, -0.05) is 25.1 Å². The fraction of sp³-hybridized carbons (Fsp3) is 0.364. The van der Waals surface area contributed by atoms with Crippen molar-refractivity contribution >= 4 is 16.0 Å². The van der Waals surface area contributed by atoms with Crippen LogP contribution in [0.1, 0.15) is 19.8 Å². The second-order valence-corrected chi connectivity index (χ2v) is 5.35. The van der Waals surface area contributed by atoms with E-state index in [4.69, 9.17) is 5.11 Å². The topological polar surface area (TPSA) is 83.5 Å². The molecule has 1 aromatic rings. The quantitative estimate of drug-likeness (QED) is 0.802. The third kappa shape index (κ3) is 4.16. The maximum absolute atomic E-state index is 11.9. The van der Waals surface area contributed by atoms with Crippen molar-refractivity contribution in [2.24, 2.45) is 0 Å². The van der Waals surface area contributed by atoms with Gasteiger partial charge in [-0.2, -0.15) is 0 Å².